The van der Waals surface area contributed by atoms with Gasteiger partial charge in [0.05, 0.1) is 0 Å². The summed E-state index contributed by atoms with van der Waals surface area (Å²) in [6.07, 6.45) is -8.14. The second-order valence-corrected chi connectivity index (χ2v) is 17.6. The lowest BCUT2D eigenvalue weighted by atomic mass is 9.13. The SMILES string of the molecule is CCCC[B-](c1c(F)c(F)c(F)c(F)c1F)(c1c(F)c(F)c(F)c(F)c1F)c1c(F)c(F)c(F)c(F)c1F.c1ccc([P+](c2ccccc2)(c2ccccc2)c2ccccc2)cc1. The molecule has 0 bridgehead atoms. The van der Waals surface area contributed by atoms with E-state index in [4.69, 9.17) is 0 Å². The molecule has 7 rings (SSSR count). The molecule has 0 nitrogen and oxygen atoms in total. The summed E-state index contributed by atoms with van der Waals surface area (Å²) in [6, 6.07) is 43.8. The number of unbranched alkanes of at least 4 members (excludes halogenated alkanes) is 1. The van der Waals surface area contributed by atoms with Gasteiger partial charge in [0.15, 0.2) is 52.4 Å². The minimum absolute atomic E-state index is 0.316. The molecule has 0 N–H and O–H groups in total. The minimum Gasteiger partial charge on any atom is -0.207 e. The highest BCUT2D eigenvalue weighted by Crippen LogP contribution is 2.54. The molecule has 0 aliphatic heterocycles. The van der Waals surface area contributed by atoms with E-state index < -0.39 is 130 Å². The Hall–Kier alpha value is -6.02. The Kier molecular flexibility index (Phi) is 13.8. The van der Waals surface area contributed by atoms with E-state index in [1.807, 2.05) is 0 Å². The molecule has 0 aliphatic carbocycles. The molecule has 0 saturated heterocycles. The van der Waals surface area contributed by atoms with E-state index in [-0.39, 0.29) is 6.42 Å². The maximum Gasteiger partial charge on any atom is 0.200 e. The van der Waals surface area contributed by atoms with E-state index in [0.717, 1.165) is 0 Å². The van der Waals surface area contributed by atoms with E-state index in [1.165, 1.54) is 28.1 Å². The van der Waals surface area contributed by atoms with Crippen LogP contribution in [0.2, 0.25) is 6.32 Å². The van der Waals surface area contributed by atoms with Gasteiger partial charge in [-0.3, -0.25) is 0 Å². The lowest BCUT2D eigenvalue weighted by Crippen LogP contribution is -2.73. The van der Waals surface area contributed by atoms with Crippen molar-refractivity contribution in [3.63, 3.8) is 0 Å². The van der Waals surface area contributed by atoms with Crippen molar-refractivity contribution < 1.29 is 65.9 Å². The van der Waals surface area contributed by atoms with Crippen LogP contribution in [-0.2, 0) is 0 Å². The zero-order valence-corrected chi connectivity index (χ0v) is 33.3. The van der Waals surface area contributed by atoms with E-state index in [9.17, 15) is 39.5 Å². The molecule has 0 atom stereocenters. The van der Waals surface area contributed by atoms with E-state index in [1.54, 1.807) is 0 Å². The number of halogens is 15. The summed E-state index contributed by atoms with van der Waals surface area (Å²) in [6.45, 7) is 1.18. The van der Waals surface area contributed by atoms with Crippen molar-refractivity contribution in [2.75, 3.05) is 0 Å². The number of rotatable bonds is 10. The topological polar surface area (TPSA) is 0 Å². The summed E-state index contributed by atoms with van der Waals surface area (Å²) in [5, 5.41) is 5.55. The minimum atomic E-state index is -5.41. The van der Waals surface area contributed by atoms with E-state index in [2.05, 4.69) is 121 Å². The molecule has 7 aromatic carbocycles. The largest absolute Gasteiger partial charge is 0.207 e. The fourth-order valence-corrected chi connectivity index (χ4v) is 12.3. The first-order valence-electron chi connectivity index (χ1n) is 18.9. The van der Waals surface area contributed by atoms with Crippen LogP contribution in [0.5, 0.6) is 0 Å². The van der Waals surface area contributed by atoms with Gasteiger partial charge in [-0.1, -0.05) is 92.6 Å². The maximum atomic E-state index is 15.1. The molecule has 0 spiro atoms. The summed E-state index contributed by atoms with van der Waals surface area (Å²) in [5.74, 6) is -44.7. The van der Waals surface area contributed by atoms with Gasteiger partial charge in [-0.2, -0.15) is 6.32 Å². The van der Waals surface area contributed by atoms with Crippen LogP contribution in [-0.4, -0.2) is 6.15 Å². The van der Waals surface area contributed by atoms with Gasteiger partial charge >= 0.3 is 0 Å². The van der Waals surface area contributed by atoms with Crippen molar-refractivity contribution in [2.45, 2.75) is 26.1 Å². The van der Waals surface area contributed by atoms with Crippen LogP contribution in [0.15, 0.2) is 121 Å². The summed E-state index contributed by atoms with van der Waals surface area (Å²) in [7, 11) is -1.91. The summed E-state index contributed by atoms with van der Waals surface area (Å²) < 4.78 is 217. The van der Waals surface area contributed by atoms with E-state index in [0.29, 0.717) is 0 Å². The van der Waals surface area contributed by atoms with Crippen LogP contribution in [0.4, 0.5) is 65.9 Å². The third-order valence-electron chi connectivity index (χ3n) is 10.8. The summed E-state index contributed by atoms with van der Waals surface area (Å²) >= 11 is 0. The molecule has 0 unspecified atom stereocenters. The predicted molar refractivity (Wildman–Crippen MR) is 214 cm³/mol. The van der Waals surface area contributed by atoms with Gasteiger partial charge in [0.2, 0.25) is 0 Å². The summed E-state index contributed by atoms with van der Waals surface area (Å²) in [4.78, 5) is 0. The Balaban J connectivity index is 0.000000227. The normalized spacial score (nSPS) is 11.7. The lowest BCUT2D eigenvalue weighted by molar-refractivity contribution is 0.379. The van der Waals surface area contributed by atoms with Crippen molar-refractivity contribution in [3.05, 3.63) is 209 Å². The second kappa shape index (κ2) is 18.8. The van der Waals surface area contributed by atoms with Crippen LogP contribution in [0, 0.1) is 87.3 Å². The number of benzene rings is 7. The molecule has 17 heteroatoms. The van der Waals surface area contributed by atoms with Crippen LogP contribution < -0.4 is 37.6 Å². The first kappa shape index (κ1) is 46.5. The van der Waals surface area contributed by atoms with Gasteiger partial charge in [-0.25, -0.2) is 65.9 Å². The highest BCUT2D eigenvalue weighted by atomic mass is 31.2. The van der Waals surface area contributed by atoms with Crippen LogP contribution in [0.3, 0.4) is 0 Å². The fraction of sp³-hybridized carbons (Fsp3) is 0.0870. The molecule has 0 saturated carbocycles. The molecular weight excluding hydrogens is 879 g/mol. The van der Waals surface area contributed by atoms with Crippen LogP contribution in [0.1, 0.15) is 19.8 Å². The Morgan fingerprint density at radius 2 is 0.492 bits per heavy atom. The van der Waals surface area contributed by atoms with Crippen molar-refractivity contribution in [1.82, 2.24) is 0 Å². The molecule has 0 heterocycles. The molecule has 0 fully saturated rings. The van der Waals surface area contributed by atoms with Gasteiger partial charge < -0.3 is 0 Å². The highest BCUT2D eigenvalue weighted by Gasteiger charge is 2.49. The van der Waals surface area contributed by atoms with Gasteiger partial charge in [0, 0.05) is 0 Å². The quantitative estimate of drug-likeness (QED) is 0.0422. The molecule has 0 amide bonds. The Morgan fingerprint density at radius 3 is 0.683 bits per heavy atom. The van der Waals surface area contributed by atoms with Crippen molar-refractivity contribution >= 4 is 51.0 Å². The molecule has 0 aromatic heterocycles. The Morgan fingerprint density at radius 1 is 0.302 bits per heavy atom. The second-order valence-electron chi connectivity index (χ2n) is 14.2. The van der Waals surface area contributed by atoms with Gasteiger partial charge in [0.25, 0.3) is 0 Å². The maximum absolute atomic E-state index is 15.1. The molecule has 0 aliphatic rings. The molecule has 63 heavy (non-hydrogen) atoms. The average Bonchev–Trinajstić information content (AvgIpc) is 3.31. The standard InChI is InChI=1S/C24H20P.C22H9BF15/c1-5-13-21(14-6-1)25(22-15-7-2-8-16-22,23-17-9-3-10-18-23)24-19-11-4-12-20-24;1-2-3-4-23(5-8(24)14(30)20(36)15(31)9(5)25,6-10(26)16(32)21(37)17(33)11(6)27)7-12(28)18(34)22(38)19(35)13(7)29/h1-20H;2-4H2,1H3/q+1;-1. The lowest BCUT2D eigenvalue weighted by Gasteiger charge is -2.44. The number of hydrogen-bond acceptors (Lipinski definition) is 0. The molecule has 7 aromatic rings. The summed E-state index contributed by atoms with van der Waals surface area (Å²) in [5.41, 5.74) is -7.70. The zero-order valence-electron chi connectivity index (χ0n) is 32.4. The third-order valence-corrected chi connectivity index (χ3v) is 15.1. The van der Waals surface area contributed by atoms with Crippen LogP contribution >= 0.6 is 7.26 Å². The van der Waals surface area contributed by atoms with Crippen molar-refractivity contribution in [2.24, 2.45) is 0 Å². The van der Waals surface area contributed by atoms with Crippen LogP contribution in [0.25, 0.3) is 0 Å². The Bertz CT molecular complexity index is 2360. The Labute approximate surface area is 350 Å². The first-order chi connectivity index (χ1) is 30.0. The van der Waals surface area contributed by atoms with Crippen molar-refractivity contribution in [1.29, 1.82) is 0 Å². The smallest absolute Gasteiger partial charge is 0.200 e. The monoisotopic (exact) mass is 908 g/mol. The van der Waals surface area contributed by atoms with E-state index >= 15 is 26.3 Å². The van der Waals surface area contributed by atoms with Crippen molar-refractivity contribution in [3.8, 4) is 0 Å². The number of hydrogen-bond donors (Lipinski definition) is 0. The average molecular weight is 908 g/mol. The molecule has 326 valence electrons. The van der Waals surface area contributed by atoms with Gasteiger partial charge in [0.1, 0.15) is 69.5 Å². The molecule has 0 radical (unpaired) electrons. The van der Waals surface area contributed by atoms with Gasteiger partial charge in [-0.05, 0) is 48.5 Å². The third kappa shape index (κ3) is 7.76. The predicted octanol–water partition coefficient (Wildman–Crippen LogP) is 10.3. The highest BCUT2D eigenvalue weighted by molar-refractivity contribution is 8.01. The molecular formula is C46H29BF15P. The first-order valence-corrected chi connectivity index (χ1v) is 20.6. The zero-order chi connectivity index (χ0) is 46.0. The fourth-order valence-electron chi connectivity index (χ4n) is 8.04. The van der Waals surface area contributed by atoms with Gasteiger partial charge in [-0.15, -0.1) is 16.4 Å².